The van der Waals surface area contributed by atoms with Crippen LogP contribution < -0.4 is 10.6 Å². The van der Waals surface area contributed by atoms with Crippen LogP contribution in [0.3, 0.4) is 0 Å². The van der Waals surface area contributed by atoms with Crippen LogP contribution in [0.25, 0.3) is 0 Å². The number of carbonyl (C=O) groups excluding carboxylic acids is 1. The van der Waals surface area contributed by atoms with Crippen molar-refractivity contribution in [3.8, 4) is 6.07 Å². The second kappa shape index (κ2) is 6.70. The molecule has 0 bridgehead atoms. The van der Waals surface area contributed by atoms with Crippen molar-refractivity contribution in [3.05, 3.63) is 0 Å². The monoisotopic (exact) mass is 227 g/mol. The van der Waals surface area contributed by atoms with Crippen molar-refractivity contribution in [2.45, 2.75) is 31.8 Å². The molecule has 1 aliphatic heterocycles. The van der Waals surface area contributed by atoms with Crippen LogP contribution in [0.1, 0.15) is 19.8 Å². The zero-order valence-corrected chi connectivity index (χ0v) is 9.77. The minimum Gasteiger partial charge on any atom is -0.353 e. The Bertz CT molecular complexity index is 246. The van der Waals surface area contributed by atoms with Crippen molar-refractivity contribution < 1.29 is 4.79 Å². The van der Waals surface area contributed by atoms with Crippen LogP contribution in [0, 0.1) is 11.3 Å². The highest BCUT2D eigenvalue weighted by atomic mass is 32.2. The Morgan fingerprint density at radius 3 is 3.20 bits per heavy atom. The largest absolute Gasteiger partial charge is 0.353 e. The van der Waals surface area contributed by atoms with Crippen LogP contribution >= 0.6 is 11.8 Å². The first-order valence-corrected chi connectivity index (χ1v) is 6.35. The molecular weight excluding hydrogens is 210 g/mol. The molecule has 1 heterocycles. The van der Waals surface area contributed by atoms with Gasteiger partial charge in [-0.25, -0.2) is 0 Å². The number of nitrogens with one attached hydrogen (secondary N) is 2. The van der Waals surface area contributed by atoms with E-state index in [0.717, 1.165) is 18.1 Å². The molecule has 1 amide bonds. The Balaban J connectivity index is 2.20. The molecule has 0 aliphatic carbocycles. The van der Waals surface area contributed by atoms with Gasteiger partial charge in [-0.2, -0.15) is 17.0 Å². The Kier molecular flexibility index (Phi) is 5.51. The Morgan fingerprint density at radius 1 is 1.80 bits per heavy atom. The maximum absolute atomic E-state index is 11.5. The smallest absolute Gasteiger partial charge is 0.221 e. The molecule has 1 rings (SSSR count). The number of hydrogen-bond acceptors (Lipinski definition) is 4. The van der Waals surface area contributed by atoms with E-state index in [4.69, 9.17) is 5.26 Å². The summed E-state index contributed by atoms with van der Waals surface area (Å²) >= 11 is 1.88. The molecule has 2 unspecified atom stereocenters. The lowest BCUT2D eigenvalue weighted by Gasteiger charge is -2.23. The molecule has 0 radical (unpaired) electrons. The van der Waals surface area contributed by atoms with Gasteiger partial charge in [0.25, 0.3) is 0 Å². The Labute approximate surface area is 94.8 Å². The molecule has 0 aromatic heterocycles. The second-order valence-electron chi connectivity index (χ2n) is 3.76. The van der Waals surface area contributed by atoms with E-state index in [1.807, 2.05) is 24.8 Å². The fraction of sp³-hybridized carbons (Fsp3) is 0.800. The lowest BCUT2D eigenvalue weighted by molar-refractivity contribution is -0.122. The molecule has 4 nitrogen and oxygen atoms in total. The molecule has 0 aromatic carbocycles. The minimum atomic E-state index is -0.0428. The molecule has 1 fully saturated rings. The first-order valence-electron chi connectivity index (χ1n) is 5.20. The third kappa shape index (κ3) is 5.05. The quantitative estimate of drug-likeness (QED) is 0.734. The number of nitrogens with zero attached hydrogens (tertiary/aromatic N) is 1. The van der Waals surface area contributed by atoms with Gasteiger partial charge < -0.3 is 10.6 Å². The van der Waals surface area contributed by atoms with Gasteiger partial charge in [-0.1, -0.05) is 0 Å². The van der Waals surface area contributed by atoms with Gasteiger partial charge in [0.15, 0.2) is 0 Å². The molecular formula is C10H17N3OS. The number of carbonyl (C=O) groups is 1. The molecule has 1 aliphatic rings. The molecule has 0 aromatic rings. The lowest BCUT2D eigenvalue weighted by Crippen LogP contribution is -2.42. The number of nitriles is 1. The van der Waals surface area contributed by atoms with Crippen LogP contribution in [0.15, 0.2) is 0 Å². The van der Waals surface area contributed by atoms with Gasteiger partial charge in [-0.3, -0.25) is 4.79 Å². The molecule has 2 N–H and O–H groups in total. The SMILES string of the molecule is CC(CC#N)NC(=O)CC1CSCCN1. The van der Waals surface area contributed by atoms with Crippen molar-refractivity contribution in [1.82, 2.24) is 10.6 Å². The molecule has 5 heteroatoms. The van der Waals surface area contributed by atoms with Gasteiger partial charge in [-0.15, -0.1) is 0 Å². The maximum atomic E-state index is 11.5. The predicted molar refractivity (Wildman–Crippen MR) is 61.6 cm³/mol. The van der Waals surface area contributed by atoms with E-state index in [2.05, 4.69) is 10.6 Å². The predicted octanol–water partition coefficient (Wildman–Crippen LogP) is 0.500. The second-order valence-corrected chi connectivity index (χ2v) is 4.91. The highest BCUT2D eigenvalue weighted by Crippen LogP contribution is 2.10. The first-order chi connectivity index (χ1) is 7.22. The van der Waals surface area contributed by atoms with Crippen molar-refractivity contribution in [1.29, 1.82) is 5.26 Å². The summed E-state index contributed by atoms with van der Waals surface area (Å²) in [5, 5.41) is 14.6. The van der Waals surface area contributed by atoms with Gasteiger partial charge in [0.05, 0.1) is 12.5 Å². The summed E-state index contributed by atoms with van der Waals surface area (Å²) in [7, 11) is 0. The number of amides is 1. The Morgan fingerprint density at radius 2 is 2.60 bits per heavy atom. The van der Waals surface area contributed by atoms with E-state index in [0.29, 0.717) is 12.8 Å². The number of rotatable bonds is 4. The maximum Gasteiger partial charge on any atom is 0.221 e. The topological polar surface area (TPSA) is 64.9 Å². The van der Waals surface area contributed by atoms with E-state index >= 15 is 0 Å². The van der Waals surface area contributed by atoms with E-state index in [9.17, 15) is 4.79 Å². The van der Waals surface area contributed by atoms with E-state index in [1.165, 1.54) is 0 Å². The van der Waals surface area contributed by atoms with Crippen LogP contribution in [0.4, 0.5) is 0 Å². The van der Waals surface area contributed by atoms with Gasteiger partial charge in [0, 0.05) is 36.6 Å². The van der Waals surface area contributed by atoms with Crippen molar-refractivity contribution in [3.63, 3.8) is 0 Å². The summed E-state index contributed by atoms with van der Waals surface area (Å²) in [6, 6.07) is 2.29. The molecule has 84 valence electrons. The van der Waals surface area contributed by atoms with Crippen molar-refractivity contribution in [2.75, 3.05) is 18.1 Å². The molecule has 0 saturated carbocycles. The fourth-order valence-corrected chi connectivity index (χ4v) is 2.45. The van der Waals surface area contributed by atoms with Crippen molar-refractivity contribution in [2.24, 2.45) is 0 Å². The average Bonchev–Trinajstić information content (AvgIpc) is 2.19. The van der Waals surface area contributed by atoms with Crippen LogP contribution in [0.5, 0.6) is 0 Å². The molecule has 2 atom stereocenters. The average molecular weight is 227 g/mol. The van der Waals surface area contributed by atoms with Gasteiger partial charge >= 0.3 is 0 Å². The highest BCUT2D eigenvalue weighted by Gasteiger charge is 2.17. The van der Waals surface area contributed by atoms with Gasteiger partial charge in [-0.05, 0) is 6.92 Å². The van der Waals surface area contributed by atoms with E-state index < -0.39 is 0 Å². The Hall–Kier alpha value is -0.730. The normalized spacial score (nSPS) is 22.8. The lowest BCUT2D eigenvalue weighted by atomic mass is 10.2. The fourth-order valence-electron chi connectivity index (χ4n) is 1.50. The van der Waals surface area contributed by atoms with Gasteiger partial charge in [0.1, 0.15) is 0 Å². The first kappa shape index (κ1) is 12.3. The van der Waals surface area contributed by atoms with E-state index in [-0.39, 0.29) is 18.0 Å². The summed E-state index contributed by atoms with van der Waals surface area (Å²) in [6.45, 7) is 2.83. The summed E-state index contributed by atoms with van der Waals surface area (Å²) < 4.78 is 0. The van der Waals surface area contributed by atoms with Crippen LogP contribution in [0.2, 0.25) is 0 Å². The standard InChI is InChI=1S/C10H17N3OS/c1-8(2-3-11)13-10(14)6-9-7-15-5-4-12-9/h8-9,12H,2,4-7H2,1H3,(H,13,14). The van der Waals surface area contributed by atoms with Crippen LogP contribution in [-0.4, -0.2) is 36.0 Å². The minimum absolute atomic E-state index is 0.0396. The highest BCUT2D eigenvalue weighted by molar-refractivity contribution is 7.99. The molecule has 15 heavy (non-hydrogen) atoms. The summed E-state index contributed by atoms with van der Waals surface area (Å²) in [5.41, 5.74) is 0. The zero-order valence-electron chi connectivity index (χ0n) is 8.95. The van der Waals surface area contributed by atoms with Gasteiger partial charge in [0.2, 0.25) is 5.91 Å². The van der Waals surface area contributed by atoms with E-state index in [1.54, 1.807) is 0 Å². The summed E-state index contributed by atoms with van der Waals surface area (Å²) in [6.07, 6.45) is 0.890. The summed E-state index contributed by atoms with van der Waals surface area (Å²) in [4.78, 5) is 11.5. The third-order valence-electron chi connectivity index (χ3n) is 2.24. The molecule has 1 saturated heterocycles. The molecule has 0 spiro atoms. The van der Waals surface area contributed by atoms with Crippen molar-refractivity contribution >= 4 is 17.7 Å². The zero-order chi connectivity index (χ0) is 11.1. The van der Waals surface area contributed by atoms with Crippen LogP contribution in [-0.2, 0) is 4.79 Å². The summed E-state index contributed by atoms with van der Waals surface area (Å²) in [5.74, 6) is 2.17. The third-order valence-corrected chi connectivity index (χ3v) is 3.37. The number of thioether (sulfide) groups is 1. The number of hydrogen-bond donors (Lipinski definition) is 2.